The topological polar surface area (TPSA) is 40.3 Å². The number of fused-ring (bicyclic) bond motifs is 1. The number of hydrogen-bond acceptors (Lipinski definition) is 3. The lowest BCUT2D eigenvalue weighted by Gasteiger charge is -2.14. The minimum atomic E-state index is -0.126. The van der Waals surface area contributed by atoms with Crippen molar-refractivity contribution in [2.75, 3.05) is 13.1 Å². The van der Waals surface area contributed by atoms with Crippen molar-refractivity contribution in [3.63, 3.8) is 0 Å². The fraction of sp³-hybridized carbons (Fsp3) is 0.278. The molecular formula is C18H20N4. The summed E-state index contributed by atoms with van der Waals surface area (Å²) in [5.41, 5.74) is 4.18. The van der Waals surface area contributed by atoms with E-state index in [9.17, 15) is 0 Å². The van der Waals surface area contributed by atoms with Crippen molar-refractivity contribution < 1.29 is 0 Å². The largest absolute Gasteiger partial charge is 0.279 e. The van der Waals surface area contributed by atoms with Gasteiger partial charge in [0.15, 0.2) is 0 Å². The van der Waals surface area contributed by atoms with Crippen LogP contribution < -0.4 is 0 Å². The summed E-state index contributed by atoms with van der Waals surface area (Å²) in [6.45, 7) is 5.87. The molecule has 0 radical (unpaired) electrons. The molecule has 0 bridgehead atoms. The van der Waals surface area contributed by atoms with E-state index in [1.54, 1.807) is 0 Å². The van der Waals surface area contributed by atoms with Crippen molar-refractivity contribution in [3.05, 3.63) is 65.7 Å². The van der Waals surface area contributed by atoms with Crippen molar-refractivity contribution in [3.8, 4) is 0 Å². The summed E-state index contributed by atoms with van der Waals surface area (Å²) in [6.07, 6.45) is 0. The summed E-state index contributed by atoms with van der Waals surface area (Å²) < 4.78 is 0. The summed E-state index contributed by atoms with van der Waals surface area (Å²) >= 11 is 0. The van der Waals surface area contributed by atoms with Gasteiger partial charge in [0, 0.05) is 18.7 Å². The van der Waals surface area contributed by atoms with Crippen molar-refractivity contribution >= 4 is 11.4 Å². The van der Waals surface area contributed by atoms with Crippen LogP contribution in [-0.4, -0.2) is 23.8 Å². The highest BCUT2D eigenvalue weighted by molar-refractivity contribution is 6.09. The second-order valence-corrected chi connectivity index (χ2v) is 5.17. The molecule has 22 heavy (non-hydrogen) atoms. The average Bonchev–Trinajstić information content (AvgIpc) is 2.95. The van der Waals surface area contributed by atoms with Gasteiger partial charge in [0.2, 0.25) is 0 Å². The van der Waals surface area contributed by atoms with Crippen molar-refractivity contribution in [2.45, 2.75) is 19.9 Å². The molecule has 0 aromatic heterocycles. The van der Waals surface area contributed by atoms with Crippen molar-refractivity contribution in [1.29, 1.82) is 0 Å². The van der Waals surface area contributed by atoms with Crippen LogP contribution in [0.25, 0.3) is 0 Å². The molecule has 1 aliphatic heterocycles. The zero-order valence-electron chi connectivity index (χ0n) is 13.0. The first-order valence-corrected chi connectivity index (χ1v) is 7.72. The molecule has 1 atom stereocenters. The van der Waals surface area contributed by atoms with Gasteiger partial charge < -0.3 is 0 Å². The van der Waals surface area contributed by atoms with Crippen LogP contribution >= 0.6 is 0 Å². The van der Waals surface area contributed by atoms with Crippen molar-refractivity contribution in [1.82, 2.24) is 5.01 Å². The van der Waals surface area contributed by atoms with Gasteiger partial charge in [0.1, 0.15) is 6.04 Å². The van der Waals surface area contributed by atoms with E-state index in [1.165, 1.54) is 0 Å². The lowest BCUT2D eigenvalue weighted by atomic mass is 10.00. The summed E-state index contributed by atoms with van der Waals surface area (Å²) in [4.78, 5) is 4.78. The third-order valence-corrected chi connectivity index (χ3v) is 3.82. The van der Waals surface area contributed by atoms with Gasteiger partial charge in [-0.25, -0.2) is 4.99 Å². The standard InChI is InChI=1S/C18H20N4/c1-3-22(4-2)21-20-18-15-12-8-9-13-16(15)19-17(18)14-10-6-5-7-11-14/h5-13,18H,3-4H2,1-2H3. The highest BCUT2D eigenvalue weighted by Crippen LogP contribution is 2.38. The molecule has 1 heterocycles. The van der Waals surface area contributed by atoms with Crippen LogP contribution in [0, 0.1) is 0 Å². The van der Waals surface area contributed by atoms with Crippen LogP contribution in [0.2, 0.25) is 0 Å². The van der Waals surface area contributed by atoms with E-state index in [2.05, 4.69) is 42.4 Å². The molecule has 112 valence electrons. The highest BCUT2D eigenvalue weighted by atomic mass is 15.5. The van der Waals surface area contributed by atoms with Crippen LogP contribution in [0.4, 0.5) is 5.69 Å². The average molecular weight is 292 g/mol. The van der Waals surface area contributed by atoms with Gasteiger partial charge in [-0.15, -0.1) is 0 Å². The molecule has 2 aromatic carbocycles. The summed E-state index contributed by atoms with van der Waals surface area (Å²) in [6, 6.07) is 18.2. The first kappa shape index (κ1) is 14.4. The molecule has 1 unspecified atom stereocenters. The molecule has 3 rings (SSSR count). The fourth-order valence-corrected chi connectivity index (χ4v) is 2.58. The molecule has 4 heteroatoms. The zero-order chi connectivity index (χ0) is 15.4. The molecule has 0 aliphatic carbocycles. The number of benzene rings is 2. The number of rotatable bonds is 5. The Kier molecular flexibility index (Phi) is 4.28. The van der Waals surface area contributed by atoms with E-state index in [4.69, 9.17) is 4.99 Å². The zero-order valence-corrected chi connectivity index (χ0v) is 13.0. The maximum absolute atomic E-state index is 4.78. The summed E-state index contributed by atoms with van der Waals surface area (Å²) in [5, 5.41) is 10.9. The van der Waals surface area contributed by atoms with E-state index in [1.807, 2.05) is 41.4 Å². The predicted molar refractivity (Wildman–Crippen MR) is 89.6 cm³/mol. The Morgan fingerprint density at radius 3 is 2.36 bits per heavy atom. The van der Waals surface area contributed by atoms with E-state index < -0.39 is 0 Å². The summed E-state index contributed by atoms with van der Waals surface area (Å²) in [7, 11) is 0. The lowest BCUT2D eigenvalue weighted by Crippen LogP contribution is -2.16. The normalized spacial score (nSPS) is 16.6. The minimum absolute atomic E-state index is 0.126. The molecule has 1 aliphatic rings. The minimum Gasteiger partial charge on any atom is -0.279 e. The Morgan fingerprint density at radius 1 is 0.955 bits per heavy atom. The van der Waals surface area contributed by atoms with Gasteiger partial charge >= 0.3 is 0 Å². The quantitative estimate of drug-likeness (QED) is 0.587. The van der Waals surface area contributed by atoms with Gasteiger partial charge in [-0.3, -0.25) is 5.01 Å². The first-order chi connectivity index (χ1) is 10.8. The van der Waals surface area contributed by atoms with E-state index in [-0.39, 0.29) is 6.04 Å². The number of para-hydroxylation sites is 1. The van der Waals surface area contributed by atoms with E-state index in [0.717, 1.165) is 35.6 Å². The van der Waals surface area contributed by atoms with Crippen LogP contribution in [0.15, 0.2) is 69.9 Å². The molecule has 4 nitrogen and oxygen atoms in total. The van der Waals surface area contributed by atoms with Crippen LogP contribution in [0.3, 0.4) is 0 Å². The van der Waals surface area contributed by atoms with Gasteiger partial charge in [0.25, 0.3) is 0 Å². The van der Waals surface area contributed by atoms with Crippen LogP contribution in [0.5, 0.6) is 0 Å². The number of hydrogen-bond donors (Lipinski definition) is 0. The van der Waals surface area contributed by atoms with Crippen LogP contribution in [-0.2, 0) is 0 Å². The monoisotopic (exact) mass is 292 g/mol. The predicted octanol–water partition coefficient (Wildman–Crippen LogP) is 4.57. The Labute approximate surface area is 131 Å². The van der Waals surface area contributed by atoms with Gasteiger partial charge in [-0.2, -0.15) is 5.11 Å². The molecule has 0 saturated carbocycles. The lowest BCUT2D eigenvalue weighted by molar-refractivity contribution is 0.293. The Hall–Kier alpha value is -2.49. The molecule has 0 saturated heterocycles. The number of nitrogens with zero attached hydrogens (tertiary/aromatic N) is 4. The molecule has 0 amide bonds. The molecule has 0 N–H and O–H groups in total. The van der Waals surface area contributed by atoms with E-state index in [0.29, 0.717) is 0 Å². The molecule has 0 spiro atoms. The number of aliphatic imine (C=N–C) groups is 1. The third-order valence-electron chi connectivity index (χ3n) is 3.82. The summed E-state index contributed by atoms with van der Waals surface area (Å²) in [5.74, 6) is 0. The Morgan fingerprint density at radius 2 is 1.64 bits per heavy atom. The van der Waals surface area contributed by atoms with Gasteiger partial charge in [0.05, 0.1) is 11.4 Å². The molecule has 0 fully saturated rings. The Balaban J connectivity index is 1.98. The van der Waals surface area contributed by atoms with Gasteiger partial charge in [-0.05, 0) is 25.5 Å². The fourth-order valence-electron chi connectivity index (χ4n) is 2.58. The van der Waals surface area contributed by atoms with Crippen LogP contribution in [0.1, 0.15) is 31.0 Å². The third kappa shape index (κ3) is 2.77. The molecular weight excluding hydrogens is 272 g/mol. The Bertz CT molecular complexity index is 687. The van der Waals surface area contributed by atoms with Crippen molar-refractivity contribution in [2.24, 2.45) is 15.3 Å². The highest BCUT2D eigenvalue weighted by Gasteiger charge is 2.28. The maximum atomic E-state index is 4.78. The second kappa shape index (κ2) is 6.52. The maximum Gasteiger partial charge on any atom is 0.142 e. The van der Waals surface area contributed by atoms with E-state index >= 15 is 0 Å². The van der Waals surface area contributed by atoms with Gasteiger partial charge in [-0.1, -0.05) is 53.8 Å². The molecule has 2 aromatic rings. The first-order valence-electron chi connectivity index (χ1n) is 7.72. The second-order valence-electron chi connectivity index (χ2n) is 5.17. The smallest absolute Gasteiger partial charge is 0.142 e. The SMILES string of the molecule is CCN(CC)N=NC1C(c2ccccc2)=Nc2ccccc21.